The number of benzene rings is 1. The van der Waals surface area contributed by atoms with Gasteiger partial charge in [0.05, 0.1) is 11.5 Å². The number of carbonyl (C=O) groups excluding carboxylic acids is 1. The van der Waals surface area contributed by atoms with Crippen LogP contribution in [0.2, 0.25) is 0 Å². The number of likely N-dealkylation sites (tertiary alicyclic amines) is 1. The molecule has 2 fully saturated rings. The maximum atomic E-state index is 12.4. The maximum absolute atomic E-state index is 12.4. The summed E-state index contributed by atoms with van der Waals surface area (Å²) < 4.78 is 0. The average Bonchev–Trinajstić information content (AvgIpc) is 3.08. The van der Waals surface area contributed by atoms with Gasteiger partial charge in [0, 0.05) is 39.3 Å². The third-order valence-electron chi connectivity index (χ3n) is 4.60. The number of carbonyl (C=O) groups is 1. The highest BCUT2D eigenvalue weighted by atomic mass is 35.5. The van der Waals surface area contributed by atoms with E-state index in [1.165, 1.54) is 6.07 Å². The Kier molecular flexibility index (Phi) is 5.43. The minimum Gasteiger partial charge on any atom is -0.360 e. The largest absolute Gasteiger partial charge is 0.360 e. The molecule has 0 aromatic heterocycles. The third kappa shape index (κ3) is 3.56. The van der Waals surface area contributed by atoms with Gasteiger partial charge in [-0.15, -0.1) is 12.4 Å². The van der Waals surface area contributed by atoms with Gasteiger partial charge in [-0.2, -0.15) is 0 Å². The maximum Gasteiger partial charge on any atom is 0.292 e. The molecule has 7 nitrogen and oxygen atoms in total. The molecule has 2 aliphatic heterocycles. The van der Waals surface area contributed by atoms with Crippen molar-refractivity contribution in [2.24, 2.45) is 11.8 Å². The van der Waals surface area contributed by atoms with Gasteiger partial charge < -0.3 is 15.1 Å². The van der Waals surface area contributed by atoms with E-state index in [0.29, 0.717) is 17.5 Å². The van der Waals surface area contributed by atoms with Crippen molar-refractivity contribution in [3.63, 3.8) is 0 Å². The number of anilines is 1. The quantitative estimate of drug-likeness (QED) is 0.656. The normalized spacial score (nSPS) is 22.4. The van der Waals surface area contributed by atoms with E-state index in [0.717, 1.165) is 26.2 Å². The van der Waals surface area contributed by atoms with Crippen molar-refractivity contribution >= 4 is 29.7 Å². The number of nitrogens with one attached hydrogen (secondary N) is 1. The number of likely N-dealkylation sites (N-methyl/N-ethyl adjacent to an activating group) is 1. The summed E-state index contributed by atoms with van der Waals surface area (Å²) >= 11 is 0. The number of hydrogen-bond acceptors (Lipinski definition) is 5. The van der Waals surface area contributed by atoms with Gasteiger partial charge in [0.2, 0.25) is 5.91 Å². The SMILES string of the molecule is CN(CC(=O)N1C[C@H]2CNC[C@H]2C1)c1ccccc1[N+](=O)[O-].Cl. The lowest BCUT2D eigenvalue weighted by molar-refractivity contribution is -0.384. The number of fused-ring (bicyclic) bond motifs is 1. The Morgan fingerprint density at radius 1 is 1.35 bits per heavy atom. The number of hydrogen-bond donors (Lipinski definition) is 1. The number of halogens is 1. The molecule has 1 amide bonds. The second kappa shape index (κ2) is 7.14. The van der Waals surface area contributed by atoms with E-state index in [9.17, 15) is 14.9 Å². The monoisotopic (exact) mass is 340 g/mol. The predicted molar refractivity (Wildman–Crippen MR) is 90.0 cm³/mol. The molecule has 0 unspecified atom stereocenters. The van der Waals surface area contributed by atoms with Crippen molar-refractivity contribution < 1.29 is 9.72 Å². The fourth-order valence-corrected chi connectivity index (χ4v) is 3.39. The number of nitro benzene ring substituents is 1. The molecule has 1 aromatic rings. The van der Waals surface area contributed by atoms with Crippen LogP contribution in [0.3, 0.4) is 0 Å². The molecule has 2 atom stereocenters. The number of rotatable bonds is 4. The first-order valence-electron chi connectivity index (χ1n) is 7.49. The zero-order valence-corrected chi connectivity index (χ0v) is 13.8. The molecular formula is C15H21ClN4O3. The molecule has 23 heavy (non-hydrogen) atoms. The Morgan fingerprint density at radius 3 is 2.57 bits per heavy atom. The standard InChI is InChI=1S/C15H20N4O3.ClH/c1-17(13-4-2-3-5-14(13)19(21)22)10-15(20)18-8-11-6-16-7-12(11)9-18;/h2-5,11-12,16H,6-10H2,1H3;1H/t11-,12+;. The molecule has 2 saturated heterocycles. The Labute approximate surface area is 141 Å². The predicted octanol–water partition coefficient (Wildman–Crippen LogP) is 1.13. The molecule has 0 bridgehead atoms. The van der Waals surface area contributed by atoms with Gasteiger partial charge in [0.15, 0.2) is 0 Å². The molecule has 0 radical (unpaired) electrons. The van der Waals surface area contributed by atoms with E-state index in [1.54, 1.807) is 30.1 Å². The smallest absolute Gasteiger partial charge is 0.292 e. The van der Waals surface area contributed by atoms with Crippen LogP contribution in [0, 0.1) is 22.0 Å². The van der Waals surface area contributed by atoms with Crippen LogP contribution in [-0.4, -0.2) is 55.5 Å². The highest BCUT2D eigenvalue weighted by molar-refractivity contribution is 5.85. The van der Waals surface area contributed by atoms with Crippen molar-refractivity contribution in [3.05, 3.63) is 34.4 Å². The van der Waals surface area contributed by atoms with Crippen molar-refractivity contribution in [3.8, 4) is 0 Å². The third-order valence-corrected chi connectivity index (χ3v) is 4.60. The first kappa shape index (κ1) is 17.5. The van der Waals surface area contributed by atoms with Crippen LogP contribution in [-0.2, 0) is 4.79 Å². The summed E-state index contributed by atoms with van der Waals surface area (Å²) in [6.45, 7) is 3.71. The molecule has 1 aromatic carbocycles. The zero-order chi connectivity index (χ0) is 15.7. The fraction of sp³-hybridized carbons (Fsp3) is 0.533. The number of amides is 1. The van der Waals surface area contributed by atoms with Crippen molar-refractivity contribution in [2.45, 2.75) is 0 Å². The zero-order valence-electron chi connectivity index (χ0n) is 13.0. The van der Waals surface area contributed by atoms with E-state index in [1.807, 2.05) is 4.90 Å². The Morgan fingerprint density at radius 2 is 1.96 bits per heavy atom. The molecule has 126 valence electrons. The number of para-hydroxylation sites is 2. The van der Waals surface area contributed by atoms with Crippen LogP contribution >= 0.6 is 12.4 Å². The summed E-state index contributed by atoms with van der Waals surface area (Å²) in [5, 5.41) is 14.4. The summed E-state index contributed by atoms with van der Waals surface area (Å²) in [7, 11) is 1.72. The lowest BCUT2D eigenvalue weighted by Crippen LogP contribution is -2.39. The van der Waals surface area contributed by atoms with E-state index >= 15 is 0 Å². The van der Waals surface area contributed by atoms with Crippen LogP contribution in [0.25, 0.3) is 0 Å². The van der Waals surface area contributed by atoms with Crippen LogP contribution < -0.4 is 10.2 Å². The van der Waals surface area contributed by atoms with Gasteiger partial charge >= 0.3 is 0 Å². The van der Waals surface area contributed by atoms with Crippen LogP contribution in [0.15, 0.2) is 24.3 Å². The van der Waals surface area contributed by atoms with Gasteiger partial charge in [-0.25, -0.2) is 0 Å². The van der Waals surface area contributed by atoms with Crippen LogP contribution in [0.4, 0.5) is 11.4 Å². The first-order chi connectivity index (χ1) is 10.6. The van der Waals surface area contributed by atoms with Gasteiger partial charge in [0.25, 0.3) is 5.69 Å². The average molecular weight is 341 g/mol. The molecule has 8 heteroatoms. The van der Waals surface area contributed by atoms with E-state index in [-0.39, 0.29) is 30.5 Å². The summed E-state index contributed by atoms with van der Waals surface area (Å²) in [6, 6.07) is 6.51. The molecule has 1 N–H and O–H groups in total. The van der Waals surface area contributed by atoms with Gasteiger partial charge in [0.1, 0.15) is 5.69 Å². The minimum absolute atomic E-state index is 0. The Balaban J connectivity index is 0.00000192. The Bertz CT molecular complexity index is 586. The summed E-state index contributed by atoms with van der Waals surface area (Å²) in [4.78, 5) is 26.6. The molecule has 0 aliphatic carbocycles. The van der Waals surface area contributed by atoms with Crippen molar-refractivity contribution in [1.82, 2.24) is 10.2 Å². The number of nitrogens with zero attached hydrogens (tertiary/aromatic N) is 3. The number of nitro groups is 1. The van der Waals surface area contributed by atoms with E-state index < -0.39 is 4.92 Å². The van der Waals surface area contributed by atoms with E-state index in [2.05, 4.69) is 5.32 Å². The summed E-state index contributed by atoms with van der Waals surface area (Å²) in [5.41, 5.74) is 0.502. The molecule has 0 saturated carbocycles. The topological polar surface area (TPSA) is 78.7 Å². The molecule has 2 heterocycles. The lowest BCUT2D eigenvalue weighted by atomic mass is 10.0. The summed E-state index contributed by atoms with van der Waals surface area (Å²) in [5.74, 6) is 1.15. The lowest BCUT2D eigenvalue weighted by Gasteiger charge is -2.23. The van der Waals surface area contributed by atoms with Gasteiger partial charge in [-0.3, -0.25) is 14.9 Å². The minimum atomic E-state index is -0.414. The van der Waals surface area contributed by atoms with Crippen molar-refractivity contribution in [1.29, 1.82) is 0 Å². The summed E-state index contributed by atoms with van der Waals surface area (Å²) in [6.07, 6.45) is 0. The van der Waals surface area contributed by atoms with Crippen LogP contribution in [0.1, 0.15) is 0 Å². The Hall–Kier alpha value is -1.86. The molecular weight excluding hydrogens is 320 g/mol. The van der Waals surface area contributed by atoms with Crippen LogP contribution in [0.5, 0.6) is 0 Å². The van der Waals surface area contributed by atoms with Gasteiger partial charge in [-0.05, 0) is 17.9 Å². The van der Waals surface area contributed by atoms with Crippen molar-refractivity contribution in [2.75, 3.05) is 44.7 Å². The second-order valence-corrected chi connectivity index (χ2v) is 6.08. The highest BCUT2D eigenvalue weighted by Gasteiger charge is 2.38. The second-order valence-electron chi connectivity index (χ2n) is 6.08. The van der Waals surface area contributed by atoms with E-state index in [4.69, 9.17) is 0 Å². The molecule has 2 aliphatic rings. The fourth-order valence-electron chi connectivity index (χ4n) is 3.39. The molecule has 3 rings (SSSR count). The first-order valence-corrected chi connectivity index (χ1v) is 7.49. The van der Waals surface area contributed by atoms with Gasteiger partial charge in [-0.1, -0.05) is 12.1 Å². The molecule has 0 spiro atoms. The highest BCUT2D eigenvalue weighted by Crippen LogP contribution is 2.28.